The average molecular weight is 268 g/mol. The molecule has 2 heterocycles. The van der Waals surface area contributed by atoms with Crippen molar-refractivity contribution in [2.45, 2.75) is 6.92 Å². The van der Waals surface area contributed by atoms with Crippen LogP contribution in [-0.4, -0.2) is 23.9 Å². The molecule has 0 saturated heterocycles. The molecule has 0 aliphatic carbocycles. The minimum Gasteiger partial charge on any atom is -0.313 e. The molecule has 0 unspecified atom stereocenters. The molecule has 0 fully saturated rings. The van der Waals surface area contributed by atoms with Crippen molar-refractivity contribution in [2.75, 3.05) is 18.0 Å². The van der Waals surface area contributed by atoms with Crippen molar-refractivity contribution in [1.29, 1.82) is 0 Å². The Morgan fingerprint density at radius 2 is 1.94 bits per heavy atom. The molecular weight excluding hydrogens is 257 g/mol. The van der Waals surface area contributed by atoms with E-state index in [1.54, 1.807) is 0 Å². The minimum atomic E-state index is 0.637. The Morgan fingerprint density at radius 1 is 1.24 bits per heavy atom. The fourth-order valence-corrected chi connectivity index (χ4v) is 2.75. The maximum Gasteiger partial charge on any atom is 0.210 e. The SMILES string of the molecule is CC1=CN(c2c(Cl)cccc2Cl)C2=NCCN12. The zero-order valence-corrected chi connectivity index (χ0v) is 10.8. The second-order valence-corrected chi connectivity index (χ2v) is 4.86. The summed E-state index contributed by atoms with van der Waals surface area (Å²) in [7, 11) is 0. The van der Waals surface area contributed by atoms with Gasteiger partial charge in [0, 0.05) is 18.4 Å². The zero-order chi connectivity index (χ0) is 12.0. The molecule has 0 aromatic heterocycles. The molecule has 0 saturated carbocycles. The molecule has 0 N–H and O–H groups in total. The number of fused-ring (bicyclic) bond motifs is 1. The second kappa shape index (κ2) is 3.93. The van der Waals surface area contributed by atoms with Gasteiger partial charge in [-0.15, -0.1) is 0 Å². The quantitative estimate of drug-likeness (QED) is 0.777. The van der Waals surface area contributed by atoms with Crippen LogP contribution in [0.1, 0.15) is 6.92 Å². The molecule has 0 atom stereocenters. The van der Waals surface area contributed by atoms with E-state index >= 15 is 0 Å². The van der Waals surface area contributed by atoms with E-state index in [0.717, 1.165) is 30.4 Å². The second-order valence-electron chi connectivity index (χ2n) is 4.04. The normalized spacial score (nSPS) is 18.3. The van der Waals surface area contributed by atoms with Gasteiger partial charge in [0.2, 0.25) is 5.96 Å². The number of rotatable bonds is 1. The predicted octanol–water partition coefficient (Wildman–Crippen LogP) is 3.35. The number of hydrogen-bond acceptors (Lipinski definition) is 3. The number of nitrogens with zero attached hydrogens (tertiary/aromatic N) is 3. The molecule has 1 aromatic rings. The van der Waals surface area contributed by atoms with Gasteiger partial charge in [-0.05, 0) is 19.1 Å². The van der Waals surface area contributed by atoms with Gasteiger partial charge in [-0.3, -0.25) is 9.89 Å². The number of allylic oxidation sites excluding steroid dienone is 1. The van der Waals surface area contributed by atoms with E-state index < -0.39 is 0 Å². The van der Waals surface area contributed by atoms with Crippen molar-refractivity contribution >= 4 is 34.8 Å². The number of anilines is 1. The largest absolute Gasteiger partial charge is 0.313 e. The maximum atomic E-state index is 6.22. The number of hydrogen-bond donors (Lipinski definition) is 0. The highest BCUT2D eigenvalue weighted by atomic mass is 35.5. The van der Waals surface area contributed by atoms with E-state index in [4.69, 9.17) is 23.2 Å². The van der Waals surface area contributed by atoms with Crippen LogP contribution in [-0.2, 0) is 0 Å². The fraction of sp³-hybridized carbons (Fsp3) is 0.250. The molecule has 2 aliphatic rings. The van der Waals surface area contributed by atoms with Crippen molar-refractivity contribution < 1.29 is 0 Å². The molecule has 17 heavy (non-hydrogen) atoms. The summed E-state index contributed by atoms with van der Waals surface area (Å²) in [6.07, 6.45) is 2.02. The standard InChI is InChI=1S/C12H11Cl2N3/c1-8-7-17(12-15-5-6-16(8)12)11-9(13)3-2-4-10(11)14/h2-4,7H,5-6H2,1H3. The van der Waals surface area contributed by atoms with Gasteiger partial charge in [-0.25, -0.2) is 0 Å². The summed E-state index contributed by atoms with van der Waals surface area (Å²) in [5.41, 5.74) is 1.97. The summed E-state index contributed by atoms with van der Waals surface area (Å²) in [4.78, 5) is 8.62. The van der Waals surface area contributed by atoms with Gasteiger partial charge < -0.3 is 4.90 Å². The van der Waals surface area contributed by atoms with Crippen LogP contribution >= 0.6 is 23.2 Å². The lowest BCUT2D eigenvalue weighted by atomic mass is 10.3. The molecular formula is C12H11Cl2N3. The van der Waals surface area contributed by atoms with Crippen molar-refractivity contribution in [3.8, 4) is 0 Å². The van der Waals surface area contributed by atoms with Crippen LogP contribution < -0.4 is 4.90 Å². The van der Waals surface area contributed by atoms with Gasteiger partial charge in [0.05, 0.1) is 22.3 Å². The summed E-state index contributed by atoms with van der Waals surface area (Å²) in [5.74, 6) is 0.914. The van der Waals surface area contributed by atoms with Crippen LogP contribution in [0.15, 0.2) is 35.1 Å². The zero-order valence-electron chi connectivity index (χ0n) is 9.32. The fourth-order valence-electron chi connectivity index (χ4n) is 2.17. The highest BCUT2D eigenvalue weighted by molar-refractivity contribution is 6.40. The number of guanidine groups is 1. The van der Waals surface area contributed by atoms with Gasteiger partial charge >= 0.3 is 0 Å². The van der Waals surface area contributed by atoms with Crippen LogP contribution in [0.3, 0.4) is 0 Å². The molecule has 1 aromatic carbocycles. The van der Waals surface area contributed by atoms with Gasteiger partial charge in [-0.1, -0.05) is 29.3 Å². The number of aliphatic imine (C=N–C) groups is 1. The Balaban J connectivity index is 2.11. The first-order valence-electron chi connectivity index (χ1n) is 5.42. The third-order valence-electron chi connectivity index (χ3n) is 2.95. The summed E-state index contributed by atoms with van der Waals surface area (Å²) < 4.78 is 0. The van der Waals surface area contributed by atoms with E-state index in [0.29, 0.717) is 10.0 Å². The average Bonchev–Trinajstić information content (AvgIpc) is 2.84. The number of benzene rings is 1. The molecule has 3 rings (SSSR count). The van der Waals surface area contributed by atoms with Gasteiger partial charge in [0.1, 0.15) is 0 Å². The Labute approximate surface area is 110 Å². The van der Waals surface area contributed by atoms with Crippen molar-refractivity contribution in [3.05, 3.63) is 40.1 Å². The molecule has 5 heteroatoms. The monoisotopic (exact) mass is 267 g/mol. The van der Waals surface area contributed by atoms with E-state index in [2.05, 4.69) is 16.8 Å². The van der Waals surface area contributed by atoms with E-state index in [9.17, 15) is 0 Å². The topological polar surface area (TPSA) is 18.8 Å². The van der Waals surface area contributed by atoms with Crippen molar-refractivity contribution in [1.82, 2.24) is 4.90 Å². The number of halogens is 2. The van der Waals surface area contributed by atoms with Gasteiger partial charge in [0.15, 0.2) is 0 Å². The van der Waals surface area contributed by atoms with E-state index in [1.807, 2.05) is 29.3 Å². The molecule has 0 radical (unpaired) electrons. The van der Waals surface area contributed by atoms with Gasteiger partial charge in [-0.2, -0.15) is 0 Å². The Hall–Kier alpha value is -1.19. The molecule has 0 spiro atoms. The van der Waals surface area contributed by atoms with Crippen molar-refractivity contribution in [2.24, 2.45) is 4.99 Å². The highest BCUT2D eigenvalue weighted by Gasteiger charge is 2.32. The minimum absolute atomic E-state index is 0.637. The van der Waals surface area contributed by atoms with Crippen LogP contribution in [0.25, 0.3) is 0 Å². The summed E-state index contributed by atoms with van der Waals surface area (Å²) in [6.45, 7) is 3.81. The first-order valence-corrected chi connectivity index (χ1v) is 6.18. The Morgan fingerprint density at radius 3 is 2.65 bits per heavy atom. The van der Waals surface area contributed by atoms with E-state index in [1.165, 1.54) is 0 Å². The van der Waals surface area contributed by atoms with Crippen LogP contribution in [0, 0.1) is 0 Å². The third-order valence-corrected chi connectivity index (χ3v) is 3.56. The Bertz CT molecular complexity index is 516. The Kier molecular flexibility index (Phi) is 2.53. The molecule has 3 nitrogen and oxygen atoms in total. The lowest BCUT2D eigenvalue weighted by Crippen LogP contribution is -2.31. The summed E-state index contributed by atoms with van der Waals surface area (Å²) >= 11 is 12.4. The van der Waals surface area contributed by atoms with Crippen molar-refractivity contribution in [3.63, 3.8) is 0 Å². The summed E-state index contributed by atoms with van der Waals surface area (Å²) in [6, 6.07) is 5.52. The first kappa shape index (κ1) is 10.9. The molecule has 88 valence electrons. The van der Waals surface area contributed by atoms with Crippen LogP contribution in [0.5, 0.6) is 0 Å². The third kappa shape index (κ3) is 1.61. The molecule has 0 bridgehead atoms. The summed E-state index contributed by atoms with van der Waals surface area (Å²) in [5, 5.41) is 1.27. The smallest absolute Gasteiger partial charge is 0.210 e. The van der Waals surface area contributed by atoms with Crippen LogP contribution in [0.4, 0.5) is 5.69 Å². The molecule has 0 amide bonds. The van der Waals surface area contributed by atoms with E-state index in [-0.39, 0.29) is 0 Å². The highest BCUT2D eigenvalue weighted by Crippen LogP contribution is 2.37. The lowest BCUT2D eigenvalue weighted by molar-refractivity contribution is 0.572. The van der Waals surface area contributed by atoms with Crippen LogP contribution in [0.2, 0.25) is 10.0 Å². The number of para-hydroxylation sites is 1. The lowest BCUT2D eigenvalue weighted by Gasteiger charge is -2.21. The molecule has 2 aliphatic heterocycles. The first-order chi connectivity index (χ1) is 8.18. The maximum absolute atomic E-state index is 6.22. The predicted molar refractivity (Wildman–Crippen MR) is 71.7 cm³/mol. The van der Waals surface area contributed by atoms with Gasteiger partial charge in [0.25, 0.3) is 0 Å².